The number of aromatic hydroxyl groups is 1. The molecule has 1 aromatic carbocycles. The van der Waals surface area contributed by atoms with Crippen molar-refractivity contribution in [1.82, 2.24) is 5.32 Å². The van der Waals surface area contributed by atoms with Crippen LogP contribution in [0.5, 0.6) is 11.5 Å². The van der Waals surface area contributed by atoms with Crippen LogP contribution in [0.1, 0.15) is 18.4 Å². The molecule has 0 aliphatic rings. The molecular formula is C15H24BrNO4. The van der Waals surface area contributed by atoms with Crippen molar-refractivity contribution < 1.29 is 19.3 Å². The Labute approximate surface area is 134 Å². The summed E-state index contributed by atoms with van der Waals surface area (Å²) >= 11 is 3.32. The smallest absolute Gasteiger partial charge is 0.172 e. The second-order valence-corrected chi connectivity index (χ2v) is 5.47. The standard InChI is InChI=1S/C15H24BrNO4/c1-19-7-8-21-6-4-3-5-17-11-12-9-13(16)15(18)14(10-12)20-2/h9-10,17-18H,3-8,11H2,1-2H3. The van der Waals surface area contributed by atoms with Crippen LogP contribution in [-0.4, -0.2) is 45.7 Å². The summed E-state index contributed by atoms with van der Waals surface area (Å²) < 4.78 is 16.1. The van der Waals surface area contributed by atoms with Crippen molar-refractivity contribution in [2.75, 3.05) is 40.6 Å². The molecular weight excluding hydrogens is 338 g/mol. The molecule has 0 radical (unpaired) electrons. The van der Waals surface area contributed by atoms with E-state index in [1.54, 1.807) is 14.2 Å². The van der Waals surface area contributed by atoms with Crippen LogP contribution in [0.3, 0.4) is 0 Å². The molecule has 0 unspecified atom stereocenters. The average molecular weight is 362 g/mol. The van der Waals surface area contributed by atoms with Gasteiger partial charge in [0.25, 0.3) is 0 Å². The fraction of sp³-hybridized carbons (Fsp3) is 0.600. The summed E-state index contributed by atoms with van der Waals surface area (Å²) in [7, 11) is 3.21. The third-order valence-corrected chi connectivity index (χ3v) is 3.57. The fourth-order valence-electron chi connectivity index (χ4n) is 1.82. The molecule has 21 heavy (non-hydrogen) atoms. The molecule has 5 nitrogen and oxygen atoms in total. The molecule has 0 atom stereocenters. The SMILES string of the molecule is COCCOCCCCNCc1cc(Br)c(O)c(OC)c1. The number of unbranched alkanes of at least 4 members (excludes halogenated alkanes) is 1. The van der Waals surface area contributed by atoms with Crippen LogP contribution in [-0.2, 0) is 16.0 Å². The molecule has 0 saturated carbocycles. The average Bonchev–Trinajstić information content (AvgIpc) is 2.48. The summed E-state index contributed by atoms with van der Waals surface area (Å²) in [5, 5.41) is 13.1. The first kappa shape index (κ1) is 18.2. The number of ether oxygens (including phenoxy) is 3. The van der Waals surface area contributed by atoms with E-state index >= 15 is 0 Å². The quantitative estimate of drug-likeness (QED) is 0.593. The topological polar surface area (TPSA) is 60.0 Å². The van der Waals surface area contributed by atoms with E-state index in [-0.39, 0.29) is 5.75 Å². The zero-order valence-corrected chi connectivity index (χ0v) is 14.2. The second-order valence-electron chi connectivity index (χ2n) is 4.62. The van der Waals surface area contributed by atoms with Gasteiger partial charge in [-0.05, 0) is 53.0 Å². The summed E-state index contributed by atoms with van der Waals surface area (Å²) in [6.07, 6.45) is 2.09. The van der Waals surface area contributed by atoms with Crippen LogP contribution < -0.4 is 10.1 Å². The Balaban J connectivity index is 2.17. The molecule has 0 aromatic heterocycles. The molecule has 6 heteroatoms. The van der Waals surface area contributed by atoms with Crippen molar-refractivity contribution in [1.29, 1.82) is 0 Å². The highest BCUT2D eigenvalue weighted by Gasteiger charge is 2.08. The van der Waals surface area contributed by atoms with Crippen LogP contribution in [0.4, 0.5) is 0 Å². The van der Waals surface area contributed by atoms with Crippen LogP contribution >= 0.6 is 15.9 Å². The summed E-state index contributed by atoms with van der Waals surface area (Å²) in [6.45, 7) is 3.74. The zero-order chi connectivity index (χ0) is 15.5. The minimum Gasteiger partial charge on any atom is -0.503 e. The normalized spacial score (nSPS) is 10.8. The highest BCUT2D eigenvalue weighted by atomic mass is 79.9. The van der Waals surface area contributed by atoms with Gasteiger partial charge in [0.15, 0.2) is 11.5 Å². The van der Waals surface area contributed by atoms with Gasteiger partial charge in [0.1, 0.15) is 0 Å². The highest BCUT2D eigenvalue weighted by Crippen LogP contribution is 2.35. The Bertz CT molecular complexity index is 415. The number of hydrogen-bond acceptors (Lipinski definition) is 5. The van der Waals surface area contributed by atoms with E-state index in [1.807, 2.05) is 12.1 Å². The highest BCUT2D eigenvalue weighted by molar-refractivity contribution is 9.10. The number of rotatable bonds is 11. The van der Waals surface area contributed by atoms with E-state index < -0.39 is 0 Å². The van der Waals surface area contributed by atoms with E-state index in [9.17, 15) is 5.11 Å². The fourth-order valence-corrected chi connectivity index (χ4v) is 2.31. The van der Waals surface area contributed by atoms with Gasteiger partial charge < -0.3 is 24.6 Å². The van der Waals surface area contributed by atoms with Crippen molar-refractivity contribution in [2.45, 2.75) is 19.4 Å². The largest absolute Gasteiger partial charge is 0.503 e. The zero-order valence-electron chi connectivity index (χ0n) is 12.7. The molecule has 120 valence electrons. The van der Waals surface area contributed by atoms with Gasteiger partial charge in [-0.25, -0.2) is 0 Å². The van der Waals surface area contributed by atoms with Crippen LogP contribution in [0, 0.1) is 0 Å². The second kappa shape index (κ2) is 10.8. The van der Waals surface area contributed by atoms with Crippen molar-refractivity contribution in [3.05, 3.63) is 22.2 Å². The first-order chi connectivity index (χ1) is 10.2. The third kappa shape index (κ3) is 7.13. The lowest BCUT2D eigenvalue weighted by molar-refractivity contribution is 0.0688. The van der Waals surface area contributed by atoms with Crippen LogP contribution in [0.2, 0.25) is 0 Å². The summed E-state index contributed by atoms with van der Waals surface area (Å²) in [5.41, 5.74) is 1.06. The van der Waals surface area contributed by atoms with E-state index in [4.69, 9.17) is 14.2 Å². The maximum atomic E-state index is 9.74. The van der Waals surface area contributed by atoms with Gasteiger partial charge in [0.05, 0.1) is 24.8 Å². The molecule has 0 fully saturated rings. The number of phenolic OH excluding ortho intramolecular Hbond substituents is 1. The summed E-state index contributed by atoms with van der Waals surface area (Å²) in [5.74, 6) is 0.613. The van der Waals surface area contributed by atoms with E-state index in [0.717, 1.165) is 38.1 Å². The first-order valence-corrected chi connectivity index (χ1v) is 7.81. The summed E-state index contributed by atoms with van der Waals surface area (Å²) in [6, 6.07) is 3.72. The number of halogens is 1. The Morgan fingerprint density at radius 2 is 1.95 bits per heavy atom. The Kier molecular flexibility index (Phi) is 9.41. The monoisotopic (exact) mass is 361 g/mol. The maximum Gasteiger partial charge on any atom is 0.172 e. The Morgan fingerprint density at radius 3 is 2.67 bits per heavy atom. The van der Waals surface area contributed by atoms with Crippen molar-refractivity contribution in [2.24, 2.45) is 0 Å². The van der Waals surface area contributed by atoms with Crippen molar-refractivity contribution in [3.8, 4) is 11.5 Å². The third-order valence-electron chi connectivity index (χ3n) is 2.96. The molecule has 0 spiro atoms. The lowest BCUT2D eigenvalue weighted by atomic mass is 10.2. The van der Waals surface area contributed by atoms with E-state index in [2.05, 4.69) is 21.2 Å². The van der Waals surface area contributed by atoms with Crippen molar-refractivity contribution in [3.63, 3.8) is 0 Å². The minimum atomic E-state index is 0.134. The predicted molar refractivity (Wildman–Crippen MR) is 86.0 cm³/mol. The number of methoxy groups -OCH3 is 2. The van der Waals surface area contributed by atoms with Gasteiger partial charge in [0.2, 0.25) is 0 Å². The number of nitrogens with one attached hydrogen (secondary N) is 1. The predicted octanol–water partition coefficient (Wildman–Crippen LogP) is 2.70. The first-order valence-electron chi connectivity index (χ1n) is 7.01. The molecule has 0 saturated heterocycles. The molecule has 1 rings (SSSR count). The molecule has 1 aromatic rings. The Hall–Kier alpha value is -0.820. The summed E-state index contributed by atoms with van der Waals surface area (Å²) in [4.78, 5) is 0. The Morgan fingerprint density at radius 1 is 1.14 bits per heavy atom. The molecule has 0 aliphatic heterocycles. The minimum absolute atomic E-state index is 0.134. The lowest BCUT2D eigenvalue weighted by Gasteiger charge is -2.10. The molecule has 0 heterocycles. The van der Waals surface area contributed by atoms with Crippen LogP contribution in [0.15, 0.2) is 16.6 Å². The molecule has 2 N–H and O–H groups in total. The van der Waals surface area contributed by atoms with Gasteiger partial charge in [-0.1, -0.05) is 0 Å². The van der Waals surface area contributed by atoms with E-state index in [1.165, 1.54) is 0 Å². The lowest BCUT2D eigenvalue weighted by Crippen LogP contribution is -2.15. The van der Waals surface area contributed by atoms with Crippen LogP contribution in [0.25, 0.3) is 0 Å². The molecule has 0 aliphatic carbocycles. The van der Waals surface area contributed by atoms with E-state index in [0.29, 0.717) is 23.4 Å². The number of phenols is 1. The maximum absolute atomic E-state index is 9.74. The van der Waals surface area contributed by atoms with Gasteiger partial charge in [-0.15, -0.1) is 0 Å². The molecule has 0 amide bonds. The van der Waals surface area contributed by atoms with Gasteiger partial charge in [0, 0.05) is 20.3 Å². The number of benzene rings is 1. The number of hydrogen-bond donors (Lipinski definition) is 2. The van der Waals surface area contributed by atoms with Crippen molar-refractivity contribution >= 4 is 15.9 Å². The van der Waals surface area contributed by atoms with Gasteiger partial charge in [-0.3, -0.25) is 0 Å². The molecule has 0 bridgehead atoms. The van der Waals surface area contributed by atoms with Gasteiger partial charge in [-0.2, -0.15) is 0 Å². The van der Waals surface area contributed by atoms with Gasteiger partial charge >= 0.3 is 0 Å².